The Kier molecular flexibility index (Phi) is 2.83. The second-order valence-corrected chi connectivity index (χ2v) is 4.57. The highest BCUT2D eigenvalue weighted by molar-refractivity contribution is 7.14. The molecule has 0 aliphatic rings. The van der Waals surface area contributed by atoms with Gasteiger partial charge in [-0.2, -0.15) is 0 Å². The zero-order chi connectivity index (χ0) is 10.8. The van der Waals surface area contributed by atoms with Crippen molar-refractivity contribution in [3.63, 3.8) is 0 Å². The number of nitrogens with zero attached hydrogens (tertiary/aromatic N) is 3. The lowest BCUT2D eigenvalue weighted by Gasteiger charge is -2.01. The van der Waals surface area contributed by atoms with Gasteiger partial charge in [0.1, 0.15) is 5.82 Å². The van der Waals surface area contributed by atoms with Crippen LogP contribution in [0.5, 0.6) is 0 Å². The fourth-order valence-electron chi connectivity index (χ4n) is 1.38. The second-order valence-electron chi connectivity index (χ2n) is 3.39. The number of imidazole rings is 1. The van der Waals surface area contributed by atoms with Gasteiger partial charge in [0.25, 0.3) is 0 Å². The summed E-state index contributed by atoms with van der Waals surface area (Å²) in [7, 11) is 0. The lowest BCUT2D eigenvalue weighted by molar-refractivity contribution is 0.831. The van der Waals surface area contributed by atoms with E-state index in [9.17, 15) is 0 Å². The Morgan fingerprint density at radius 1 is 1.47 bits per heavy atom. The normalized spacial score (nSPS) is 10.9. The van der Waals surface area contributed by atoms with E-state index >= 15 is 0 Å². The maximum Gasteiger partial charge on any atom is 0.195 e. The molecular formula is C10H14N4S. The smallest absolute Gasteiger partial charge is 0.195 e. The SMILES string of the molecule is Cc1nc(-n2ccnc2CCN)sc1C. The first-order valence-corrected chi connectivity index (χ1v) is 5.70. The summed E-state index contributed by atoms with van der Waals surface area (Å²) in [5.41, 5.74) is 6.62. The van der Waals surface area contributed by atoms with Crippen LogP contribution in [0.4, 0.5) is 0 Å². The maximum atomic E-state index is 5.53. The zero-order valence-electron chi connectivity index (χ0n) is 8.90. The molecule has 0 spiro atoms. The van der Waals surface area contributed by atoms with Crippen molar-refractivity contribution in [1.82, 2.24) is 14.5 Å². The van der Waals surface area contributed by atoms with Crippen molar-refractivity contribution in [2.75, 3.05) is 6.54 Å². The maximum absolute atomic E-state index is 5.53. The molecule has 80 valence electrons. The van der Waals surface area contributed by atoms with Crippen molar-refractivity contribution in [2.24, 2.45) is 5.73 Å². The van der Waals surface area contributed by atoms with Crippen LogP contribution >= 0.6 is 11.3 Å². The standard InChI is InChI=1S/C10H14N4S/c1-7-8(2)15-10(13-7)14-6-5-12-9(14)3-4-11/h5-6H,3-4,11H2,1-2H3. The highest BCUT2D eigenvalue weighted by Gasteiger charge is 2.09. The third kappa shape index (κ3) is 1.93. The van der Waals surface area contributed by atoms with Gasteiger partial charge in [-0.3, -0.25) is 4.57 Å². The Morgan fingerprint density at radius 3 is 2.87 bits per heavy atom. The van der Waals surface area contributed by atoms with Gasteiger partial charge in [-0.1, -0.05) is 0 Å². The van der Waals surface area contributed by atoms with Crippen molar-refractivity contribution in [3.05, 3.63) is 28.8 Å². The summed E-state index contributed by atoms with van der Waals surface area (Å²) < 4.78 is 2.01. The molecule has 0 atom stereocenters. The Balaban J connectivity index is 2.40. The molecule has 0 aromatic carbocycles. The van der Waals surface area contributed by atoms with E-state index in [0.29, 0.717) is 6.54 Å². The molecule has 5 heteroatoms. The largest absolute Gasteiger partial charge is 0.330 e. The second kappa shape index (κ2) is 4.12. The van der Waals surface area contributed by atoms with E-state index in [1.54, 1.807) is 17.5 Å². The first-order valence-electron chi connectivity index (χ1n) is 4.89. The lowest BCUT2D eigenvalue weighted by Crippen LogP contribution is -2.08. The molecule has 2 heterocycles. The fraction of sp³-hybridized carbons (Fsp3) is 0.400. The molecule has 0 saturated heterocycles. The third-order valence-corrected chi connectivity index (χ3v) is 3.38. The quantitative estimate of drug-likeness (QED) is 0.855. The highest BCUT2D eigenvalue weighted by atomic mass is 32.1. The van der Waals surface area contributed by atoms with Crippen LogP contribution in [-0.4, -0.2) is 21.1 Å². The van der Waals surface area contributed by atoms with Gasteiger partial charge < -0.3 is 5.73 Å². The average molecular weight is 222 g/mol. The summed E-state index contributed by atoms with van der Waals surface area (Å²) in [6.07, 6.45) is 4.50. The van der Waals surface area contributed by atoms with Gasteiger partial charge in [-0.05, 0) is 20.4 Å². The summed E-state index contributed by atoms with van der Waals surface area (Å²) in [6, 6.07) is 0. The Hall–Kier alpha value is -1.20. The Bertz CT molecular complexity index is 438. The number of hydrogen-bond acceptors (Lipinski definition) is 4. The lowest BCUT2D eigenvalue weighted by atomic mass is 10.4. The van der Waals surface area contributed by atoms with E-state index in [1.807, 2.05) is 17.7 Å². The minimum atomic E-state index is 0.611. The number of thiazole rings is 1. The van der Waals surface area contributed by atoms with Crippen molar-refractivity contribution in [3.8, 4) is 5.13 Å². The first kappa shape index (κ1) is 10.3. The molecule has 0 aliphatic heterocycles. The molecule has 2 N–H and O–H groups in total. The fourth-order valence-corrected chi connectivity index (χ4v) is 2.30. The molecule has 0 aliphatic carbocycles. The molecule has 0 radical (unpaired) electrons. The van der Waals surface area contributed by atoms with E-state index in [0.717, 1.165) is 23.1 Å². The average Bonchev–Trinajstić information content (AvgIpc) is 2.76. The van der Waals surface area contributed by atoms with Crippen LogP contribution in [0.15, 0.2) is 12.4 Å². The van der Waals surface area contributed by atoms with E-state index < -0.39 is 0 Å². The predicted molar refractivity (Wildman–Crippen MR) is 61.5 cm³/mol. The zero-order valence-corrected chi connectivity index (χ0v) is 9.71. The summed E-state index contributed by atoms with van der Waals surface area (Å²) in [6.45, 7) is 4.71. The van der Waals surface area contributed by atoms with Crippen LogP contribution in [0.25, 0.3) is 5.13 Å². The number of aryl methyl sites for hydroxylation is 2. The molecule has 2 rings (SSSR count). The first-order chi connectivity index (χ1) is 7.22. The van der Waals surface area contributed by atoms with Gasteiger partial charge in [-0.25, -0.2) is 9.97 Å². The number of nitrogens with two attached hydrogens (primary N) is 1. The minimum absolute atomic E-state index is 0.611. The van der Waals surface area contributed by atoms with Gasteiger partial charge in [-0.15, -0.1) is 11.3 Å². The van der Waals surface area contributed by atoms with E-state index in [1.165, 1.54) is 4.88 Å². The summed E-state index contributed by atoms with van der Waals surface area (Å²) in [4.78, 5) is 10.0. The van der Waals surface area contributed by atoms with Crippen molar-refractivity contribution >= 4 is 11.3 Å². The summed E-state index contributed by atoms with van der Waals surface area (Å²) in [5, 5.41) is 0.978. The van der Waals surface area contributed by atoms with Gasteiger partial charge in [0.05, 0.1) is 5.69 Å². The molecule has 15 heavy (non-hydrogen) atoms. The Morgan fingerprint density at radius 2 is 2.27 bits per heavy atom. The van der Waals surface area contributed by atoms with Gasteiger partial charge in [0.2, 0.25) is 0 Å². The topological polar surface area (TPSA) is 56.7 Å². The molecular weight excluding hydrogens is 208 g/mol. The highest BCUT2D eigenvalue weighted by Crippen LogP contribution is 2.21. The molecule has 0 saturated carbocycles. The molecule has 2 aromatic heterocycles. The van der Waals surface area contributed by atoms with E-state index in [4.69, 9.17) is 5.73 Å². The van der Waals surface area contributed by atoms with Gasteiger partial charge >= 0.3 is 0 Å². The minimum Gasteiger partial charge on any atom is -0.330 e. The molecule has 0 fully saturated rings. The summed E-state index contributed by atoms with van der Waals surface area (Å²) in [5.74, 6) is 0.978. The molecule has 4 nitrogen and oxygen atoms in total. The molecule has 2 aromatic rings. The number of rotatable bonds is 3. The van der Waals surface area contributed by atoms with Crippen molar-refractivity contribution < 1.29 is 0 Å². The number of aromatic nitrogens is 3. The van der Waals surface area contributed by atoms with Crippen LogP contribution < -0.4 is 5.73 Å². The molecule has 0 unspecified atom stereocenters. The monoisotopic (exact) mass is 222 g/mol. The summed E-state index contributed by atoms with van der Waals surface area (Å²) >= 11 is 1.68. The van der Waals surface area contributed by atoms with Crippen LogP contribution in [0.1, 0.15) is 16.4 Å². The predicted octanol–water partition coefficient (Wildman–Crippen LogP) is 1.45. The van der Waals surface area contributed by atoms with Gasteiger partial charge in [0, 0.05) is 23.7 Å². The van der Waals surface area contributed by atoms with Gasteiger partial charge in [0.15, 0.2) is 5.13 Å². The van der Waals surface area contributed by atoms with Crippen LogP contribution in [0.2, 0.25) is 0 Å². The Labute approximate surface area is 92.8 Å². The molecule has 0 amide bonds. The van der Waals surface area contributed by atoms with E-state index in [2.05, 4.69) is 16.9 Å². The van der Waals surface area contributed by atoms with Crippen molar-refractivity contribution in [2.45, 2.75) is 20.3 Å². The molecule has 0 bridgehead atoms. The van der Waals surface area contributed by atoms with Crippen LogP contribution in [0.3, 0.4) is 0 Å². The van der Waals surface area contributed by atoms with Crippen LogP contribution in [0, 0.1) is 13.8 Å². The van der Waals surface area contributed by atoms with E-state index in [-0.39, 0.29) is 0 Å². The number of hydrogen-bond donors (Lipinski definition) is 1. The third-order valence-electron chi connectivity index (χ3n) is 2.31. The van der Waals surface area contributed by atoms with Crippen LogP contribution in [-0.2, 0) is 6.42 Å². The van der Waals surface area contributed by atoms with Crippen molar-refractivity contribution in [1.29, 1.82) is 0 Å².